The molecule has 1 unspecified atom stereocenters. The highest BCUT2D eigenvalue weighted by Crippen LogP contribution is 2.01. The maximum absolute atomic E-state index is 11.4. The zero-order valence-electron chi connectivity index (χ0n) is 7.58. The number of nitro groups is 1. The molecule has 1 rings (SSSR count). The second-order valence-electron chi connectivity index (χ2n) is 2.96. The summed E-state index contributed by atoms with van der Waals surface area (Å²) in [6, 6.07) is 2.54. The van der Waals surface area contributed by atoms with Crippen LogP contribution < -0.4 is 5.56 Å². The van der Waals surface area contributed by atoms with E-state index < -0.39 is 22.3 Å². The van der Waals surface area contributed by atoms with Crippen LogP contribution in [-0.2, 0) is 6.54 Å². The van der Waals surface area contributed by atoms with E-state index in [1.807, 2.05) is 0 Å². The zero-order chi connectivity index (χ0) is 10.7. The monoisotopic (exact) mass is 198 g/mol. The normalized spacial score (nSPS) is 12.4. The van der Waals surface area contributed by atoms with Gasteiger partial charge in [0.2, 0.25) is 0 Å². The van der Waals surface area contributed by atoms with E-state index in [0.29, 0.717) is 0 Å². The van der Waals surface area contributed by atoms with Gasteiger partial charge in [-0.1, -0.05) is 0 Å². The van der Waals surface area contributed by atoms with Gasteiger partial charge in [-0.3, -0.25) is 14.9 Å². The molecule has 1 aromatic heterocycles. The summed E-state index contributed by atoms with van der Waals surface area (Å²) in [5.74, 6) is 0. The summed E-state index contributed by atoms with van der Waals surface area (Å²) in [6.45, 7) is 1.56. The molecule has 1 heterocycles. The minimum absolute atomic E-state index is 0.0561. The molecule has 0 fully saturated rings. The molecule has 1 N–H and O–H groups in total. The van der Waals surface area contributed by atoms with E-state index in [1.54, 1.807) is 0 Å². The molecule has 76 valence electrons. The average Bonchev–Trinajstić information content (AvgIpc) is 2.07. The van der Waals surface area contributed by atoms with Gasteiger partial charge in [0.05, 0.1) is 17.6 Å². The number of hydrogen-bond donors (Lipinski definition) is 1. The van der Waals surface area contributed by atoms with Crippen molar-refractivity contribution >= 4 is 5.69 Å². The van der Waals surface area contributed by atoms with Crippen LogP contribution in [0.1, 0.15) is 6.92 Å². The first-order chi connectivity index (χ1) is 6.52. The Morgan fingerprint density at radius 1 is 1.71 bits per heavy atom. The molecule has 0 saturated carbocycles. The summed E-state index contributed by atoms with van der Waals surface area (Å²) < 4.78 is 1.11. The lowest BCUT2D eigenvalue weighted by atomic mass is 10.3. The molecule has 1 atom stereocenters. The lowest BCUT2D eigenvalue weighted by Crippen LogP contribution is -2.26. The molecule has 0 saturated heterocycles. The molecule has 6 nitrogen and oxygen atoms in total. The maximum atomic E-state index is 11.4. The van der Waals surface area contributed by atoms with Crippen LogP contribution in [0.15, 0.2) is 23.1 Å². The minimum atomic E-state index is -0.735. The van der Waals surface area contributed by atoms with Crippen molar-refractivity contribution in [1.29, 1.82) is 0 Å². The van der Waals surface area contributed by atoms with Crippen molar-refractivity contribution in [3.8, 4) is 0 Å². The summed E-state index contributed by atoms with van der Waals surface area (Å²) in [6.07, 6.45) is 0.692. The number of nitrogens with zero attached hydrogens (tertiary/aromatic N) is 2. The summed E-state index contributed by atoms with van der Waals surface area (Å²) in [5, 5.41) is 19.4. The van der Waals surface area contributed by atoms with Crippen LogP contribution in [0.3, 0.4) is 0 Å². The average molecular weight is 198 g/mol. The molecule has 1 aromatic rings. The smallest absolute Gasteiger partial charge is 0.334 e. The fourth-order valence-electron chi connectivity index (χ4n) is 1.09. The topological polar surface area (TPSA) is 85.4 Å². The number of pyridine rings is 1. The second-order valence-corrected chi connectivity index (χ2v) is 2.96. The van der Waals surface area contributed by atoms with Crippen molar-refractivity contribution < 1.29 is 10.0 Å². The molecule has 14 heavy (non-hydrogen) atoms. The number of rotatable bonds is 3. The highest BCUT2D eigenvalue weighted by atomic mass is 16.6. The first-order valence-corrected chi connectivity index (χ1v) is 4.04. The van der Waals surface area contributed by atoms with Crippen LogP contribution in [0.5, 0.6) is 0 Å². The van der Waals surface area contributed by atoms with Crippen molar-refractivity contribution in [2.75, 3.05) is 0 Å². The van der Waals surface area contributed by atoms with Gasteiger partial charge in [0.15, 0.2) is 0 Å². The third kappa shape index (κ3) is 2.17. The third-order valence-electron chi connectivity index (χ3n) is 1.66. The molecule has 0 spiro atoms. The van der Waals surface area contributed by atoms with Crippen LogP contribution in [0.2, 0.25) is 0 Å². The third-order valence-corrected chi connectivity index (χ3v) is 1.66. The molecule has 0 amide bonds. The summed E-state index contributed by atoms with van der Waals surface area (Å²) >= 11 is 0. The van der Waals surface area contributed by atoms with E-state index in [0.717, 1.165) is 10.6 Å². The maximum Gasteiger partial charge on any atom is 0.334 e. The number of aromatic nitrogens is 1. The van der Waals surface area contributed by atoms with Crippen LogP contribution in [-0.4, -0.2) is 20.7 Å². The molecule has 0 aliphatic heterocycles. The zero-order valence-corrected chi connectivity index (χ0v) is 7.58. The standard InChI is InChI=1S/C8H10N2O4/c1-6(11)5-9-4-2-3-7(8(9)12)10(13)14/h2-4,6,11H,5H2,1H3. The molecular formula is C8H10N2O4. The van der Waals surface area contributed by atoms with Crippen molar-refractivity contribution in [2.24, 2.45) is 0 Å². The van der Waals surface area contributed by atoms with Crippen LogP contribution in [0.25, 0.3) is 0 Å². The fourth-order valence-corrected chi connectivity index (χ4v) is 1.09. The quantitative estimate of drug-likeness (QED) is 0.552. The molecule has 0 aliphatic carbocycles. The number of hydrogen-bond acceptors (Lipinski definition) is 4. The SMILES string of the molecule is CC(O)Cn1cccc([N+](=O)[O-])c1=O. The molecular weight excluding hydrogens is 188 g/mol. The Morgan fingerprint density at radius 2 is 2.36 bits per heavy atom. The van der Waals surface area contributed by atoms with Gasteiger partial charge in [0.1, 0.15) is 0 Å². The van der Waals surface area contributed by atoms with Crippen molar-refractivity contribution in [3.05, 3.63) is 38.8 Å². The van der Waals surface area contributed by atoms with E-state index in [9.17, 15) is 14.9 Å². The van der Waals surface area contributed by atoms with E-state index in [1.165, 1.54) is 19.2 Å². The molecule has 0 aliphatic rings. The number of aliphatic hydroxyl groups excluding tert-OH is 1. The van der Waals surface area contributed by atoms with Crippen LogP contribution in [0, 0.1) is 10.1 Å². The van der Waals surface area contributed by atoms with Crippen molar-refractivity contribution in [1.82, 2.24) is 4.57 Å². The Balaban J connectivity index is 3.15. The van der Waals surface area contributed by atoms with Crippen molar-refractivity contribution in [3.63, 3.8) is 0 Å². The Morgan fingerprint density at radius 3 is 2.86 bits per heavy atom. The van der Waals surface area contributed by atoms with Gasteiger partial charge in [0, 0.05) is 12.3 Å². The van der Waals surface area contributed by atoms with Gasteiger partial charge < -0.3 is 9.67 Å². The molecule has 0 radical (unpaired) electrons. The lowest BCUT2D eigenvalue weighted by Gasteiger charge is -2.06. The van der Waals surface area contributed by atoms with Crippen molar-refractivity contribution in [2.45, 2.75) is 19.6 Å². The predicted octanol–water partition coefficient (Wildman–Crippen LogP) is 0.137. The van der Waals surface area contributed by atoms with Gasteiger partial charge in [-0.2, -0.15) is 0 Å². The van der Waals surface area contributed by atoms with Crippen LogP contribution in [0.4, 0.5) is 5.69 Å². The molecule has 6 heteroatoms. The van der Waals surface area contributed by atoms with E-state index in [4.69, 9.17) is 5.11 Å². The second kappa shape index (κ2) is 4.01. The minimum Gasteiger partial charge on any atom is -0.392 e. The molecule has 0 bridgehead atoms. The van der Waals surface area contributed by atoms with Gasteiger partial charge in [-0.05, 0) is 13.0 Å². The Hall–Kier alpha value is -1.69. The summed E-state index contributed by atoms with van der Waals surface area (Å²) in [7, 11) is 0. The highest BCUT2D eigenvalue weighted by Gasteiger charge is 2.13. The molecule has 0 aromatic carbocycles. The van der Waals surface area contributed by atoms with Gasteiger partial charge in [-0.25, -0.2) is 0 Å². The largest absolute Gasteiger partial charge is 0.392 e. The summed E-state index contributed by atoms with van der Waals surface area (Å²) in [5.41, 5.74) is -1.17. The first kappa shape index (κ1) is 10.4. The highest BCUT2D eigenvalue weighted by molar-refractivity contribution is 5.25. The first-order valence-electron chi connectivity index (χ1n) is 4.04. The fraction of sp³-hybridized carbons (Fsp3) is 0.375. The van der Waals surface area contributed by atoms with Gasteiger partial charge in [0.25, 0.3) is 0 Å². The lowest BCUT2D eigenvalue weighted by molar-refractivity contribution is -0.386. The van der Waals surface area contributed by atoms with E-state index in [2.05, 4.69) is 0 Å². The van der Waals surface area contributed by atoms with Crippen LogP contribution >= 0.6 is 0 Å². The number of aliphatic hydroxyl groups is 1. The van der Waals surface area contributed by atoms with Gasteiger partial charge in [-0.15, -0.1) is 0 Å². The Labute approximate surface area is 79.6 Å². The Kier molecular flexibility index (Phi) is 2.98. The Bertz CT molecular complexity index is 397. The predicted molar refractivity (Wildman–Crippen MR) is 49.0 cm³/mol. The van der Waals surface area contributed by atoms with Gasteiger partial charge >= 0.3 is 11.2 Å². The van der Waals surface area contributed by atoms with E-state index >= 15 is 0 Å². The van der Waals surface area contributed by atoms with E-state index in [-0.39, 0.29) is 6.54 Å². The summed E-state index contributed by atoms with van der Waals surface area (Å²) in [4.78, 5) is 21.0.